The number of benzene rings is 7. The second-order valence-corrected chi connectivity index (χ2v) is 14.6. The van der Waals surface area contributed by atoms with E-state index in [-0.39, 0.29) is 5.41 Å². The first kappa shape index (κ1) is 30.6. The number of hydrogen-bond acceptors (Lipinski definition) is 5. The van der Waals surface area contributed by atoms with Gasteiger partial charge in [0.15, 0.2) is 28.8 Å². The fraction of sp³-hybridized carbons (Fsp3) is 0.0612. The first-order valence-corrected chi connectivity index (χ1v) is 18.2. The Morgan fingerprint density at radius 1 is 0.407 bits per heavy atom. The predicted molar refractivity (Wildman–Crippen MR) is 215 cm³/mol. The third kappa shape index (κ3) is 4.72. The molecule has 5 nitrogen and oxygen atoms in total. The van der Waals surface area contributed by atoms with Crippen LogP contribution >= 0.6 is 0 Å². The molecule has 0 saturated carbocycles. The number of hydrogen-bond donors (Lipinski definition) is 0. The maximum absolute atomic E-state index is 6.64. The Kier molecular flexibility index (Phi) is 6.53. The average Bonchev–Trinajstić information content (AvgIpc) is 3.70. The molecule has 0 N–H and O–H groups in total. The Hall–Kier alpha value is -6.98. The Bertz CT molecular complexity index is 2980. The lowest BCUT2D eigenvalue weighted by Crippen LogP contribution is -2.15. The minimum Gasteiger partial charge on any atom is -0.456 e. The molecule has 2 aliphatic rings. The number of nitrogens with zero attached hydrogens (tertiary/aromatic N) is 2. The van der Waals surface area contributed by atoms with Crippen LogP contribution in [-0.2, 0) is 5.41 Å². The van der Waals surface area contributed by atoms with E-state index >= 15 is 0 Å². The molecule has 256 valence electrons. The molecule has 0 amide bonds. The Morgan fingerprint density at radius 3 is 1.93 bits per heavy atom. The maximum atomic E-state index is 6.64. The van der Waals surface area contributed by atoms with Gasteiger partial charge in [0.1, 0.15) is 11.2 Å². The number of ether oxygens (including phenoxy) is 2. The van der Waals surface area contributed by atoms with Crippen LogP contribution in [0.5, 0.6) is 23.0 Å². The average molecular weight is 697 g/mol. The second-order valence-electron chi connectivity index (χ2n) is 14.6. The summed E-state index contributed by atoms with van der Waals surface area (Å²) in [5.41, 5.74) is 13.1. The summed E-state index contributed by atoms with van der Waals surface area (Å²) in [6, 6.07) is 54.1. The quantitative estimate of drug-likeness (QED) is 0.183. The van der Waals surface area contributed by atoms with E-state index in [9.17, 15) is 0 Å². The molecule has 9 aromatic rings. The summed E-state index contributed by atoms with van der Waals surface area (Å²) in [6.07, 6.45) is 0. The zero-order chi connectivity index (χ0) is 36.0. The van der Waals surface area contributed by atoms with E-state index in [1.54, 1.807) is 0 Å². The van der Waals surface area contributed by atoms with Crippen LogP contribution in [0.4, 0.5) is 0 Å². The highest BCUT2D eigenvalue weighted by atomic mass is 16.6. The number of para-hydroxylation sites is 1. The number of aromatic nitrogens is 2. The molecule has 54 heavy (non-hydrogen) atoms. The molecule has 0 spiro atoms. The third-order valence-corrected chi connectivity index (χ3v) is 11.0. The van der Waals surface area contributed by atoms with Crippen LogP contribution in [0.25, 0.3) is 78.1 Å². The van der Waals surface area contributed by atoms with E-state index in [1.807, 2.05) is 54.6 Å². The molecule has 11 rings (SSSR count). The van der Waals surface area contributed by atoms with Crippen LogP contribution in [0.1, 0.15) is 25.0 Å². The zero-order valence-electron chi connectivity index (χ0n) is 29.6. The first-order chi connectivity index (χ1) is 26.5. The predicted octanol–water partition coefficient (Wildman–Crippen LogP) is 13.2. The fourth-order valence-corrected chi connectivity index (χ4v) is 8.23. The van der Waals surface area contributed by atoms with Crippen LogP contribution in [0.15, 0.2) is 162 Å². The summed E-state index contributed by atoms with van der Waals surface area (Å²) in [6.45, 7) is 4.54. The smallest absolute Gasteiger partial charge is 0.170 e. The molecule has 0 unspecified atom stereocenters. The highest BCUT2D eigenvalue weighted by molar-refractivity contribution is 6.05. The summed E-state index contributed by atoms with van der Waals surface area (Å²) < 4.78 is 19.4. The van der Waals surface area contributed by atoms with Crippen molar-refractivity contribution in [3.8, 4) is 79.2 Å². The van der Waals surface area contributed by atoms with Crippen LogP contribution in [0, 0.1) is 0 Å². The lowest BCUT2D eigenvalue weighted by atomic mass is 9.82. The van der Waals surface area contributed by atoms with Gasteiger partial charge in [-0.15, -0.1) is 0 Å². The molecule has 0 radical (unpaired) electrons. The van der Waals surface area contributed by atoms with E-state index in [2.05, 4.69) is 117 Å². The van der Waals surface area contributed by atoms with Crippen LogP contribution < -0.4 is 9.47 Å². The van der Waals surface area contributed by atoms with Crippen LogP contribution in [0.3, 0.4) is 0 Å². The first-order valence-electron chi connectivity index (χ1n) is 18.2. The maximum Gasteiger partial charge on any atom is 0.170 e. The summed E-state index contributed by atoms with van der Waals surface area (Å²) in [5, 5.41) is 2.18. The molecular formula is C49H32N2O3. The molecule has 3 heterocycles. The Morgan fingerprint density at radius 2 is 1.06 bits per heavy atom. The second kappa shape index (κ2) is 11.5. The SMILES string of the molecule is CC1(C)c2ccccc2-c2cc3c(cc21)Oc1ccc(-c2ccccc2-c2nc(-c4ccccc4)cc(-c4ccc5c(c4)oc4ccccc45)n2)cc1O3. The van der Waals surface area contributed by atoms with Crippen LogP contribution in [-0.4, -0.2) is 9.97 Å². The van der Waals surface area contributed by atoms with E-state index < -0.39 is 0 Å². The van der Waals surface area contributed by atoms with Gasteiger partial charge in [0.2, 0.25) is 0 Å². The summed E-state index contributed by atoms with van der Waals surface area (Å²) in [4.78, 5) is 10.4. The molecule has 7 aromatic carbocycles. The van der Waals surface area contributed by atoms with Gasteiger partial charge in [0, 0.05) is 32.9 Å². The van der Waals surface area contributed by atoms with Crippen molar-refractivity contribution in [3.05, 3.63) is 169 Å². The normalized spacial score (nSPS) is 13.4. The molecule has 0 atom stereocenters. The van der Waals surface area contributed by atoms with Gasteiger partial charge in [-0.05, 0) is 81.9 Å². The largest absolute Gasteiger partial charge is 0.456 e. The lowest BCUT2D eigenvalue weighted by Gasteiger charge is -2.25. The number of fused-ring (bicyclic) bond motifs is 8. The molecule has 2 aromatic heterocycles. The third-order valence-electron chi connectivity index (χ3n) is 11.0. The minimum atomic E-state index is -0.127. The van der Waals surface area contributed by atoms with Crippen molar-refractivity contribution in [2.24, 2.45) is 0 Å². The van der Waals surface area contributed by atoms with E-state index in [4.69, 9.17) is 23.9 Å². The molecule has 0 fully saturated rings. The molecular weight excluding hydrogens is 665 g/mol. The Labute approximate surface area is 312 Å². The van der Waals surface area contributed by atoms with Gasteiger partial charge >= 0.3 is 0 Å². The van der Waals surface area contributed by atoms with Crippen molar-refractivity contribution in [2.45, 2.75) is 19.3 Å². The molecule has 0 bridgehead atoms. The van der Waals surface area contributed by atoms with Crippen molar-refractivity contribution in [1.29, 1.82) is 0 Å². The van der Waals surface area contributed by atoms with Crippen molar-refractivity contribution in [1.82, 2.24) is 9.97 Å². The standard InChI is InChI=1S/C49H32N2O3/c1-49(2)38-18-10-8-15-33(38)37-26-46-47(27-39(37)49)53-43-23-21-30(24-45(43)54-46)32-14-6-7-17-36(32)48-50-40(29-12-4-3-5-13-29)28-41(51-48)31-20-22-35-34-16-9-11-19-42(34)52-44(35)25-31/h3-28H,1-2H3. The van der Waals surface area contributed by atoms with Crippen molar-refractivity contribution in [3.63, 3.8) is 0 Å². The van der Waals surface area contributed by atoms with E-state index in [1.165, 1.54) is 22.3 Å². The zero-order valence-corrected chi connectivity index (χ0v) is 29.6. The molecule has 5 heteroatoms. The summed E-state index contributed by atoms with van der Waals surface area (Å²) >= 11 is 0. The van der Waals surface area contributed by atoms with E-state index in [0.29, 0.717) is 23.1 Å². The summed E-state index contributed by atoms with van der Waals surface area (Å²) in [7, 11) is 0. The number of furan rings is 1. The van der Waals surface area contributed by atoms with Gasteiger partial charge in [0.05, 0.1) is 11.4 Å². The fourth-order valence-electron chi connectivity index (χ4n) is 8.23. The van der Waals surface area contributed by atoms with Crippen LogP contribution in [0.2, 0.25) is 0 Å². The van der Waals surface area contributed by atoms with Crippen molar-refractivity contribution >= 4 is 21.9 Å². The lowest BCUT2D eigenvalue weighted by molar-refractivity contribution is 0.359. The Balaban J connectivity index is 1.01. The molecule has 0 saturated heterocycles. The summed E-state index contributed by atoms with van der Waals surface area (Å²) in [5.74, 6) is 3.42. The van der Waals surface area contributed by atoms with Gasteiger partial charge < -0.3 is 13.9 Å². The van der Waals surface area contributed by atoms with Gasteiger partial charge in [-0.1, -0.05) is 123 Å². The highest BCUT2D eigenvalue weighted by Gasteiger charge is 2.37. The highest BCUT2D eigenvalue weighted by Crippen LogP contribution is 2.55. The van der Waals surface area contributed by atoms with E-state index in [0.717, 1.165) is 66.9 Å². The van der Waals surface area contributed by atoms with Crippen molar-refractivity contribution < 1.29 is 13.9 Å². The van der Waals surface area contributed by atoms with Gasteiger partial charge in [-0.25, -0.2) is 9.97 Å². The topological polar surface area (TPSA) is 57.4 Å². The van der Waals surface area contributed by atoms with Gasteiger partial charge in [-0.2, -0.15) is 0 Å². The van der Waals surface area contributed by atoms with Gasteiger partial charge in [-0.3, -0.25) is 0 Å². The van der Waals surface area contributed by atoms with Crippen molar-refractivity contribution in [2.75, 3.05) is 0 Å². The molecule has 1 aliphatic heterocycles. The minimum absolute atomic E-state index is 0.127. The number of rotatable bonds is 4. The monoisotopic (exact) mass is 696 g/mol. The van der Waals surface area contributed by atoms with Gasteiger partial charge in [0.25, 0.3) is 0 Å². The molecule has 1 aliphatic carbocycles.